The second-order valence-electron chi connectivity index (χ2n) is 4.59. The minimum absolute atomic E-state index is 0.565. The molecule has 0 bridgehead atoms. The Hall–Kier alpha value is -1.13. The van der Waals surface area contributed by atoms with Crippen molar-refractivity contribution in [1.29, 1.82) is 0 Å². The third kappa shape index (κ3) is 5.02. The molecule has 4 nitrogen and oxygen atoms in total. The van der Waals surface area contributed by atoms with Gasteiger partial charge in [-0.1, -0.05) is 39.2 Å². The molecular formula is C14H25N3O. The van der Waals surface area contributed by atoms with Gasteiger partial charge in [-0.3, -0.25) is 0 Å². The van der Waals surface area contributed by atoms with Crippen molar-refractivity contribution in [2.24, 2.45) is 11.8 Å². The molecule has 1 aromatic heterocycles. The van der Waals surface area contributed by atoms with Crippen molar-refractivity contribution in [3.8, 4) is 0 Å². The van der Waals surface area contributed by atoms with E-state index in [9.17, 15) is 0 Å². The molecule has 0 aliphatic carbocycles. The summed E-state index contributed by atoms with van der Waals surface area (Å²) in [4.78, 5) is 4.15. The number of hydrogen-bond acceptors (Lipinski definition) is 4. The van der Waals surface area contributed by atoms with Gasteiger partial charge in [-0.2, -0.15) is 0 Å². The maximum Gasteiger partial charge on any atom is 0.145 e. The van der Waals surface area contributed by atoms with Crippen LogP contribution < -0.4 is 11.3 Å². The fourth-order valence-corrected chi connectivity index (χ4v) is 1.92. The van der Waals surface area contributed by atoms with Gasteiger partial charge in [0.1, 0.15) is 5.82 Å². The van der Waals surface area contributed by atoms with E-state index in [0.29, 0.717) is 18.3 Å². The van der Waals surface area contributed by atoms with Crippen molar-refractivity contribution in [2.45, 2.75) is 46.1 Å². The van der Waals surface area contributed by atoms with Crippen LogP contribution in [0.25, 0.3) is 0 Å². The molecule has 0 amide bonds. The summed E-state index contributed by atoms with van der Waals surface area (Å²) in [6.07, 6.45) is 6.68. The van der Waals surface area contributed by atoms with Crippen LogP contribution in [0.5, 0.6) is 0 Å². The summed E-state index contributed by atoms with van der Waals surface area (Å²) < 4.78 is 5.78. The molecule has 1 heterocycles. The van der Waals surface area contributed by atoms with Gasteiger partial charge in [-0.05, 0) is 18.4 Å². The second kappa shape index (κ2) is 8.89. The molecule has 1 unspecified atom stereocenters. The van der Waals surface area contributed by atoms with E-state index in [0.717, 1.165) is 12.2 Å². The lowest BCUT2D eigenvalue weighted by atomic mass is 10.0. The number of nitrogens with one attached hydrogen (secondary N) is 1. The Balaban J connectivity index is 2.35. The van der Waals surface area contributed by atoms with Crippen LogP contribution in [0, 0.1) is 5.92 Å². The SMILES string of the molecule is CCCCC(CC)COCc1cccnc1NN. The molecule has 0 aliphatic rings. The van der Waals surface area contributed by atoms with Crippen LogP contribution in [0.4, 0.5) is 5.82 Å². The predicted octanol–water partition coefficient (Wildman–Crippen LogP) is 3.10. The number of hydrazine groups is 1. The Kier molecular flexibility index (Phi) is 7.37. The Labute approximate surface area is 110 Å². The lowest BCUT2D eigenvalue weighted by Crippen LogP contribution is -2.13. The molecule has 0 spiro atoms. The van der Waals surface area contributed by atoms with Crippen molar-refractivity contribution in [3.05, 3.63) is 23.9 Å². The van der Waals surface area contributed by atoms with Crippen LogP contribution in [0.1, 0.15) is 45.1 Å². The number of unbranched alkanes of at least 4 members (excludes halogenated alkanes) is 1. The Morgan fingerprint density at radius 1 is 1.44 bits per heavy atom. The van der Waals surface area contributed by atoms with Gasteiger partial charge in [0.15, 0.2) is 0 Å². The van der Waals surface area contributed by atoms with Crippen LogP contribution in [0.3, 0.4) is 0 Å². The highest BCUT2D eigenvalue weighted by molar-refractivity contribution is 5.41. The van der Waals surface area contributed by atoms with Gasteiger partial charge in [0.05, 0.1) is 6.61 Å². The Bertz CT molecular complexity index is 331. The van der Waals surface area contributed by atoms with E-state index in [2.05, 4.69) is 24.3 Å². The van der Waals surface area contributed by atoms with Crippen molar-refractivity contribution in [1.82, 2.24) is 4.98 Å². The molecule has 1 aromatic rings. The monoisotopic (exact) mass is 251 g/mol. The number of hydrogen-bond donors (Lipinski definition) is 2. The van der Waals surface area contributed by atoms with Crippen LogP contribution in [0.2, 0.25) is 0 Å². The smallest absolute Gasteiger partial charge is 0.145 e. The fourth-order valence-electron chi connectivity index (χ4n) is 1.92. The number of pyridine rings is 1. The average molecular weight is 251 g/mol. The van der Waals surface area contributed by atoms with E-state index in [1.54, 1.807) is 6.20 Å². The number of nitrogens with two attached hydrogens (primary N) is 1. The van der Waals surface area contributed by atoms with E-state index in [4.69, 9.17) is 10.6 Å². The summed E-state index contributed by atoms with van der Waals surface area (Å²) in [5.74, 6) is 6.76. The van der Waals surface area contributed by atoms with Gasteiger partial charge in [0.2, 0.25) is 0 Å². The topological polar surface area (TPSA) is 60.2 Å². The molecule has 4 heteroatoms. The van der Waals surface area contributed by atoms with E-state index >= 15 is 0 Å². The lowest BCUT2D eigenvalue weighted by Gasteiger charge is -2.15. The minimum atomic E-state index is 0.565. The highest BCUT2D eigenvalue weighted by Crippen LogP contribution is 2.15. The number of nitrogen functional groups attached to an aromatic ring is 1. The standard InChI is InChI=1S/C14H25N3O/c1-3-5-7-12(4-2)10-18-11-13-8-6-9-16-14(13)17-15/h6,8-9,12H,3-5,7,10-11,15H2,1-2H3,(H,16,17). The van der Waals surface area contributed by atoms with Gasteiger partial charge in [0.25, 0.3) is 0 Å². The number of ether oxygens (including phenoxy) is 1. The maximum absolute atomic E-state index is 5.78. The summed E-state index contributed by atoms with van der Waals surface area (Å²) in [6, 6.07) is 3.88. The molecule has 18 heavy (non-hydrogen) atoms. The van der Waals surface area contributed by atoms with Crippen molar-refractivity contribution >= 4 is 5.82 Å². The van der Waals surface area contributed by atoms with E-state index < -0.39 is 0 Å². The van der Waals surface area contributed by atoms with E-state index in [1.165, 1.54) is 25.7 Å². The van der Waals surface area contributed by atoms with Gasteiger partial charge in [-0.25, -0.2) is 10.8 Å². The highest BCUT2D eigenvalue weighted by atomic mass is 16.5. The zero-order valence-electron chi connectivity index (χ0n) is 11.5. The fraction of sp³-hybridized carbons (Fsp3) is 0.643. The molecular weight excluding hydrogens is 226 g/mol. The molecule has 0 aliphatic heterocycles. The largest absolute Gasteiger partial charge is 0.376 e. The quantitative estimate of drug-likeness (QED) is 0.523. The van der Waals surface area contributed by atoms with Crippen LogP contribution in [-0.2, 0) is 11.3 Å². The van der Waals surface area contributed by atoms with Crippen LogP contribution in [-0.4, -0.2) is 11.6 Å². The third-order valence-electron chi connectivity index (χ3n) is 3.18. The Morgan fingerprint density at radius 2 is 2.28 bits per heavy atom. The first kappa shape index (κ1) is 14.9. The van der Waals surface area contributed by atoms with Crippen molar-refractivity contribution in [2.75, 3.05) is 12.0 Å². The first-order chi connectivity index (χ1) is 8.81. The van der Waals surface area contributed by atoms with Gasteiger partial charge < -0.3 is 10.2 Å². The second-order valence-corrected chi connectivity index (χ2v) is 4.59. The molecule has 0 aromatic carbocycles. The molecule has 102 valence electrons. The summed E-state index contributed by atoms with van der Waals surface area (Å²) in [6.45, 7) is 5.83. The zero-order valence-corrected chi connectivity index (χ0v) is 11.5. The van der Waals surface area contributed by atoms with Crippen molar-refractivity contribution in [3.63, 3.8) is 0 Å². The number of rotatable bonds is 9. The van der Waals surface area contributed by atoms with Gasteiger partial charge in [-0.15, -0.1) is 0 Å². The van der Waals surface area contributed by atoms with Crippen molar-refractivity contribution < 1.29 is 4.74 Å². The molecule has 1 atom stereocenters. The van der Waals surface area contributed by atoms with Gasteiger partial charge >= 0.3 is 0 Å². The first-order valence-electron chi connectivity index (χ1n) is 6.80. The summed E-state index contributed by atoms with van der Waals surface area (Å²) in [5.41, 5.74) is 3.60. The average Bonchev–Trinajstić information content (AvgIpc) is 2.43. The number of anilines is 1. The van der Waals surface area contributed by atoms with Crippen LogP contribution in [0.15, 0.2) is 18.3 Å². The normalized spacial score (nSPS) is 12.4. The molecule has 3 N–H and O–H groups in total. The summed E-state index contributed by atoms with van der Waals surface area (Å²) in [5, 5.41) is 0. The summed E-state index contributed by atoms with van der Waals surface area (Å²) in [7, 11) is 0. The number of aromatic nitrogens is 1. The molecule has 0 fully saturated rings. The summed E-state index contributed by atoms with van der Waals surface area (Å²) >= 11 is 0. The van der Waals surface area contributed by atoms with Crippen LogP contribution >= 0.6 is 0 Å². The molecule has 0 saturated carbocycles. The third-order valence-corrected chi connectivity index (χ3v) is 3.18. The molecule has 0 radical (unpaired) electrons. The zero-order chi connectivity index (χ0) is 13.2. The van der Waals surface area contributed by atoms with Gasteiger partial charge in [0, 0.05) is 18.4 Å². The number of nitrogens with zero attached hydrogens (tertiary/aromatic N) is 1. The molecule has 1 rings (SSSR count). The first-order valence-corrected chi connectivity index (χ1v) is 6.80. The predicted molar refractivity (Wildman–Crippen MR) is 75.0 cm³/mol. The highest BCUT2D eigenvalue weighted by Gasteiger charge is 2.07. The minimum Gasteiger partial charge on any atom is -0.376 e. The maximum atomic E-state index is 5.78. The van der Waals surface area contributed by atoms with E-state index in [1.807, 2.05) is 12.1 Å². The van der Waals surface area contributed by atoms with E-state index in [-0.39, 0.29) is 0 Å². The lowest BCUT2D eigenvalue weighted by molar-refractivity contribution is 0.0821. The molecule has 0 saturated heterocycles. The Morgan fingerprint density at radius 3 is 2.94 bits per heavy atom.